The van der Waals surface area contributed by atoms with Gasteiger partial charge in [-0.2, -0.15) is 5.10 Å². The fourth-order valence-electron chi connectivity index (χ4n) is 1.62. The topological polar surface area (TPSA) is 46.9 Å². The molecule has 2 aromatic rings. The Balaban J connectivity index is 2.04. The summed E-state index contributed by atoms with van der Waals surface area (Å²) in [5.41, 5.74) is 1.26. The monoisotopic (exact) mass is 341 g/mol. The fraction of sp³-hybridized carbons (Fsp3) is 0.231. The van der Waals surface area contributed by atoms with Gasteiger partial charge in [-0.25, -0.2) is 0 Å². The molecule has 1 heterocycles. The lowest BCUT2D eigenvalue weighted by Gasteiger charge is -2.05. The Labute approximate surface area is 124 Å². The van der Waals surface area contributed by atoms with Gasteiger partial charge >= 0.3 is 0 Å². The van der Waals surface area contributed by atoms with Gasteiger partial charge in [0.05, 0.1) is 17.1 Å². The van der Waals surface area contributed by atoms with E-state index < -0.39 is 0 Å². The lowest BCUT2D eigenvalue weighted by Crippen LogP contribution is -2.23. The smallest absolute Gasteiger partial charge is 0.252 e. The van der Waals surface area contributed by atoms with Crippen molar-refractivity contribution >= 4 is 33.4 Å². The first-order chi connectivity index (χ1) is 9.11. The summed E-state index contributed by atoms with van der Waals surface area (Å²) >= 11 is 9.39. The van der Waals surface area contributed by atoms with Crippen LogP contribution in [0.3, 0.4) is 0 Å². The maximum Gasteiger partial charge on any atom is 0.252 e. The molecule has 0 aliphatic rings. The van der Waals surface area contributed by atoms with E-state index in [-0.39, 0.29) is 5.91 Å². The predicted octanol–water partition coefficient (Wildman–Crippen LogP) is 3.25. The summed E-state index contributed by atoms with van der Waals surface area (Å²) in [7, 11) is 0. The third kappa shape index (κ3) is 3.36. The van der Waals surface area contributed by atoms with Crippen LogP contribution in [-0.4, -0.2) is 15.7 Å². The average molecular weight is 343 g/mol. The minimum Gasteiger partial charge on any atom is -0.346 e. The van der Waals surface area contributed by atoms with Crippen molar-refractivity contribution in [3.05, 3.63) is 51.2 Å². The normalized spacial score (nSPS) is 10.5. The van der Waals surface area contributed by atoms with Crippen LogP contribution in [-0.2, 0) is 13.1 Å². The van der Waals surface area contributed by atoms with Crippen LogP contribution in [0.25, 0.3) is 0 Å². The molecule has 0 radical (unpaired) electrons. The Hall–Kier alpha value is -1.33. The van der Waals surface area contributed by atoms with Crippen molar-refractivity contribution in [2.75, 3.05) is 0 Å². The Kier molecular flexibility index (Phi) is 4.61. The van der Waals surface area contributed by atoms with E-state index in [2.05, 4.69) is 26.3 Å². The Morgan fingerprint density at radius 1 is 1.47 bits per heavy atom. The number of nitrogens with one attached hydrogen (secondary N) is 1. The zero-order chi connectivity index (χ0) is 13.8. The molecule has 1 aromatic carbocycles. The molecule has 1 amide bonds. The Morgan fingerprint density at radius 2 is 2.21 bits per heavy atom. The molecule has 1 aromatic heterocycles. The van der Waals surface area contributed by atoms with Crippen LogP contribution in [0, 0.1) is 0 Å². The summed E-state index contributed by atoms with van der Waals surface area (Å²) in [6, 6.07) is 7.26. The first-order valence-electron chi connectivity index (χ1n) is 5.86. The zero-order valence-corrected chi connectivity index (χ0v) is 12.7. The van der Waals surface area contributed by atoms with Crippen LogP contribution in [0.2, 0.25) is 5.02 Å². The van der Waals surface area contributed by atoms with Gasteiger partial charge < -0.3 is 5.32 Å². The summed E-state index contributed by atoms with van der Waals surface area (Å²) in [4.78, 5) is 12.0. The van der Waals surface area contributed by atoms with Gasteiger partial charge in [-0.1, -0.05) is 23.7 Å². The summed E-state index contributed by atoms with van der Waals surface area (Å²) in [5.74, 6) is -0.158. The molecule has 6 heteroatoms. The Bertz CT molecular complexity index is 597. The van der Waals surface area contributed by atoms with Crippen LogP contribution < -0.4 is 5.32 Å². The second-order valence-electron chi connectivity index (χ2n) is 3.94. The summed E-state index contributed by atoms with van der Waals surface area (Å²) in [6.07, 6.45) is 1.75. The number of carbonyl (C=O) groups excluding carboxylic acids is 1. The molecule has 0 unspecified atom stereocenters. The molecule has 2 rings (SSSR count). The van der Waals surface area contributed by atoms with Crippen molar-refractivity contribution in [2.45, 2.75) is 20.0 Å². The second-order valence-corrected chi connectivity index (χ2v) is 5.20. The van der Waals surface area contributed by atoms with E-state index in [0.29, 0.717) is 22.8 Å². The van der Waals surface area contributed by atoms with Crippen molar-refractivity contribution in [3.63, 3.8) is 0 Å². The molecule has 0 spiro atoms. The van der Waals surface area contributed by atoms with Crippen molar-refractivity contribution in [1.29, 1.82) is 0 Å². The van der Waals surface area contributed by atoms with Gasteiger partial charge in [0.1, 0.15) is 5.69 Å². The maximum atomic E-state index is 12.0. The van der Waals surface area contributed by atoms with E-state index in [1.807, 2.05) is 25.1 Å². The molecule has 1 N–H and O–H groups in total. The molecule has 4 nitrogen and oxygen atoms in total. The van der Waals surface area contributed by atoms with Crippen LogP contribution in [0.1, 0.15) is 23.0 Å². The zero-order valence-electron chi connectivity index (χ0n) is 10.4. The first-order valence-corrected chi connectivity index (χ1v) is 7.03. The van der Waals surface area contributed by atoms with Crippen molar-refractivity contribution in [2.24, 2.45) is 0 Å². The van der Waals surface area contributed by atoms with Gasteiger partial charge in [0.25, 0.3) is 5.91 Å². The van der Waals surface area contributed by atoms with E-state index in [0.717, 1.165) is 11.0 Å². The lowest BCUT2D eigenvalue weighted by atomic mass is 10.2. The average Bonchev–Trinajstić information content (AvgIpc) is 2.77. The van der Waals surface area contributed by atoms with Crippen LogP contribution >= 0.6 is 27.5 Å². The highest BCUT2D eigenvalue weighted by Gasteiger charge is 2.11. The number of benzene rings is 1. The van der Waals surface area contributed by atoms with Gasteiger partial charge in [-0.15, -0.1) is 0 Å². The third-order valence-electron chi connectivity index (χ3n) is 2.65. The number of amides is 1. The van der Waals surface area contributed by atoms with E-state index in [9.17, 15) is 4.79 Å². The molecule has 0 saturated heterocycles. The molecular formula is C13H13BrClN3O. The molecule has 19 heavy (non-hydrogen) atoms. The largest absolute Gasteiger partial charge is 0.346 e. The van der Waals surface area contributed by atoms with Gasteiger partial charge in [0, 0.05) is 17.2 Å². The third-order valence-corrected chi connectivity index (χ3v) is 3.65. The molecule has 0 fully saturated rings. The van der Waals surface area contributed by atoms with E-state index >= 15 is 0 Å². The quantitative estimate of drug-likeness (QED) is 0.927. The number of rotatable bonds is 4. The minimum absolute atomic E-state index is 0.158. The van der Waals surface area contributed by atoms with Crippen LogP contribution in [0.15, 0.2) is 34.9 Å². The number of hydrogen-bond donors (Lipinski definition) is 1. The number of hydrogen-bond acceptors (Lipinski definition) is 2. The number of nitrogens with zero attached hydrogens (tertiary/aromatic N) is 2. The minimum atomic E-state index is -0.158. The van der Waals surface area contributed by atoms with E-state index in [4.69, 9.17) is 11.6 Å². The molecule has 0 bridgehead atoms. The number of halogens is 2. The number of carbonyl (C=O) groups is 1. The van der Waals surface area contributed by atoms with Crippen molar-refractivity contribution in [3.8, 4) is 0 Å². The fourth-order valence-corrected chi connectivity index (χ4v) is 2.31. The van der Waals surface area contributed by atoms with Gasteiger partial charge in [-0.05, 0) is 35.0 Å². The summed E-state index contributed by atoms with van der Waals surface area (Å²) < 4.78 is 2.50. The van der Waals surface area contributed by atoms with Crippen LogP contribution in [0.4, 0.5) is 0 Å². The predicted molar refractivity (Wildman–Crippen MR) is 78.2 cm³/mol. The summed E-state index contributed by atoms with van der Waals surface area (Å²) in [6.45, 7) is 3.04. The highest BCUT2D eigenvalue weighted by Crippen LogP contribution is 2.17. The van der Waals surface area contributed by atoms with Crippen LogP contribution in [0.5, 0.6) is 0 Å². The van der Waals surface area contributed by atoms with E-state index in [1.54, 1.807) is 16.9 Å². The Morgan fingerprint density at radius 3 is 2.84 bits per heavy atom. The molecule has 0 atom stereocenters. The van der Waals surface area contributed by atoms with Gasteiger partial charge in [0.2, 0.25) is 0 Å². The van der Waals surface area contributed by atoms with Gasteiger partial charge in [-0.3, -0.25) is 9.48 Å². The number of aromatic nitrogens is 2. The summed E-state index contributed by atoms with van der Waals surface area (Å²) in [5, 5.41) is 7.64. The standard InChI is InChI=1S/C13H13BrClN3O/c1-2-18-8-11(15)12(17-18)7-16-13(19)9-5-3-4-6-10(9)14/h3-6,8H,2,7H2,1H3,(H,16,19). The second kappa shape index (κ2) is 6.21. The molecule has 0 aliphatic carbocycles. The van der Waals surface area contributed by atoms with Gasteiger partial charge in [0.15, 0.2) is 0 Å². The molecular weight excluding hydrogens is 330 g/mol. The first kappa shape index (κ1) is 14.1. The maximum absolute atomic E-state index is 12.0. The SMILES string of the molecule is CCn1cc(Cl)c(CNC(=O)c2ccccc2Br)n1. The molecule has 0 saturated carbocycles. The van der Waals surface area contributed by atoms with E-state index in [1.165, 1.54) is 0 Å². The highest BCUT2D eigenvalue weighted by atomic mass is 79.9. The molecule has 100 valence electrons. The van der Waals surface area contributed by atoms with Crippen molar-refractivity contribution in [1.82, 2.24) is 15.1 Å². The van der Waals surface area contributed by atoms with Crippen molar-refractivity contribution < 1.29 is 4.79 Å². The molecule has 0 aliphatic heterocycles. The lowest BCUT2D eigenvalue weighted by molar-refractivity contribution is 0.0949. The highest BCUT2D eigenvalue weighted by molar-refractivity contribution is 9.10. The number of aryl methyl sites for hydroxylation is 1.